The molecule has 2 heterocycles. The number of hydrazone groups is 1. The average Bonchev–Trinajstić information content (AvgIpc) is 3.31. The lowest BCUT2D eigenvalue weighted by Gasteiger charge is -2.31. The molecule has 130 valence electrons. The topological polar surface area (TPSA) is 59.3 Å². The van der Waals surface area contributed by atoms with Crippen LogP contribution in [0.5, 0.6) is 0 Å². The SMILES string of the molecule is Cc1nn(-c2ccccc2)c2sc(C(=O)NN=C3CC4CC=CC34)cc12. The first-order chi connectivity index (χ1) is 12.7. The number of allylic oxidation sites excluding steroid dienone is 2. The summed E-state index contributed by atoms with van der Waals surface area (Å²) in [6, 6.07) is 11.9. The van der Waals surface area contributed by atoms with Gasteiger partial charge in [-0.15, -0.1) is 11.3 Å². The van der Waals surface area contributed by atoms with Crippen molar-refractivity contribution in [1.82, 2.24) is 15.2 Å². The van der Waals surface area contributed by atoms with Crippen molar-refractivity contribution in [2.45, 2.75) is 19.8 Å². The molecule has 2 aromatic heterocycles. The maximum atomic E-state index is 12.6. The number of aryl methyl sites for hydroxylation is 1. The Labute approximate surface area is 155 Å². The highest BCUT2D eigenvalue weighted by Crippen LogP contribution is 2.40. The number of hydrogen-bond acceptors (Lipinski definition) is 4. The van der Waals surface area contributed by atoms with Gasteiger partial charge in [0.1, 0.15) is 4.83 Å². The van der Waals surface area contributed by atoms with Crippen LogP contribution in [0.4, 0.5) is 0 Å². The summed E-state index contributed by atoms with van der Waals surface area (Å²) in [6.07, 6.45) is 6.55. The second-order valence-electron chi connectivity index (χ2n) is 6.86. The van der Waals surface area contributed by atoms with E-state index in [1.165, 1.54) is 11.3 Å². The summed E-state index contributed by atoms with van der Waals surface area (Å²) in [5.41, 5.74) is 5.74. The highest BCUT2D eigenvalue weighted by Gasteiger charge is 2.38. The molecule has 5 nitrogen and oxygen atoms in total. The lowest BCUT2D eigenvalue weighted by atomic mass is 9.74. The third-order valence-electron chi connectivity index (χ3n) is 5.22. The van der Waals surface area contributed by atoms with Crippen molar-refractivity contribution in [3.8, 4) is 5.69 Å². The van der Waals surface area contributed by atoms with Gasteiger partial charge in [0, 0.05) is 17.0 Å². The number of fused-ring (bicyclic) bond motifs is 2. The van der Waals surface area contributed by atoms with E-state index in [0.29, 0.717) is 16.7 Å². The maximum Gasteiger partial charge on any atom is 0.281 e. The number of para-hydroxylation sites is 1. The third kappa shape index (κ3) is 2.41. The van der Waals surface area contributed by atoms with Crippen molar-refractivity contribution in [1.29, 1.82) is 0 Å². The van der Waals surface area contributed by atoms with Crippen LogP contribution >= 0.6 is 11.3 Å². The molecular weight excluding hydrogens is 344 g/mol. The highest BCUT2D eigenvalue weighted by atomic mass is 32.1. The van der Waals surface area contributed by atoms with Crippen LogP contribution in [0.25, 0.3) is 15.9 Å². The molecule has 26 heavy (non-hydrogen) atoms. The van der Waals surface area contributed by atoms with Crippen LogP contribution in [0.15, 0.2) is 53.7 Å². The van der Waals surface area contributed by atoms with Crippen molar-refractivity contribution < 1.29 is 4.79 Å². The number of nitrogens with zero attached hydrogens (tertiary/aromatic N) is 3. The number of thiophene rings is 1. The summed E-state index contributed by atoms with van der Waals surface area (Å²) < 4.78 is 1.90. The van der Waals surface area contributed by atoms with Crippen molar-refractivity contribution in [2.75, 3.05) is 0 Å². The van der Waals surface area contributed by atoms with Gasteiger partial charge in [-0.1, -0.05) is 30.4 Å². The third-order valence-corrected chi connectivity index (χ3v) is 6.33. The molecule has 5 rings (SSSR count). The molecule has 3 aromatic rings. The fourth-order valence-corrected chi connectivity index (χ4v) is 4.82. The standard InChI is InChI=1S/C20H18N4OS/c1-12-16-11-18(19(25)22-21-17-10-13-6-5-9-15(13)17)26-20(16)24(23-12)14-7-3-2-4-8-14/h2-5,7-9,11,13,15H,6,10H2,1H3,(H,22,25). The molecule has 6 heteroatoms. The molecule has 2 unspecified atom stereocenters. The first-order valence-corrected chi connectivity index (χ1v) is 9.60. The minimum Gasteiger partial charge on any atom is -0.266 e. The molecule has 0 aliphatic heterocycles. The molecule has 0 radical (unpaired) electrons. The van der Waals surface area contributed by atoms with Crippen molar-refractivity contribution in [2.24, 2.45) is 16.9 Å². The first kappa shape index (κ1) is 15.5. The quantitative estimate of drug-likeness (QED) is 0.564. The minimum absolute atomic E-state index is 0.150. The van der Waals surface area contributed by atoms with Gasteiger partial charge in [-0.2, -0.15) is 10.2 Å². The van der Waals surface area contributed by atoms with E-state index in [4.69, 9.17) is 0 Å². The lowest BCUT2D eigenvalue weighted by Crippen LogP contribution is -2.35. The van der Waals surface area contributed by atoms with Crippen LogP contribution in [0.1, 0.15) is 28.2 Å². The van der Waals surface area contributed by atoms with Crippen molar-refractivity contribution in [3.05, 3.63) is 59.1 Å². The summed E-state index contributed by atoms with van der Waals surface area (Å²) in [4.78, 5) is 14.2. The summed E-state index contributed by atoms with van der Waals surface area (Å²) >= 11 is 1.45. The van der Waals surface area contributed by atoms with E-state index >= 15 is 0 Å². The Morgan fingerprint density at radius 2 is 2.19 bits per heavy atom. The van der Waals surface area contributed by atoms with E-state index < -0.39 is 0 Å². The Hall–Kier alpha value is -2.73. The highest BCUT2D eigenvalue weighted by molar-refractivity contribution is 7.20. The Morgan fingerprint density at radius 1 is 1.35 bits per heavy atom. The van der Waals surface area contributed by atoms with Gasteiger partial charge in [-0.3, -0.25) is 4.79 Å². The summed E-state index contributed by atoms with van der Waals surface area (Å²) in [5, 5.41) is 9.98. The van der Waals surface area contributed by atoms with Gasteiger partial charge < -0.3 is 0 Å². The molecule has 2 aliphatic rings. The number of carbonyl (C=O) groups is 1. The molecule has 0 saturated heterocycles. The number of nitrogens with one attached hydrogen (secondary N) is 1. The van der Waals surface area contributed by atoms with Gasteiger partial charge in [-0.25, -0.2) is 10.1 Å². The summed E-state index contributed by atoms with van der Waals surface area (Å²) in [6.45, 7) is 1.97. The van der Waals surface area contributed by atoms with Crippen molar-refractivity contribution >= 4 is 33.2 Å². The zero-order valence-corrected chi connectivity index (χ0v) is 15.2. The van der Waals surface area contributed by atoms with Crippen LogP contribution in [0, 0.1) is 18.8 Å². The summed E-state index contributed by atoms with van der Waals surface area (Å²) in [5.74, 6) is 0.990. The average molecular weight is 362 g/mol. The van der Waals surface area contributed by atoms with Crippen LogP contribution in [0.2, 0.25) is 0 Å². The largest absolute Gasteiger partial charge is 0.281 e. The Kier molecular flexibility index (Phi) is 3.53. The maximum absolute atomic E-state index is 12.6. The number of hydrogen-bond donors (Lipinski definition) is 1. The molecule has 2 atom stereocenters. The Morgan fingerprint density at radius 3 is 3.00 bits per heavy atom. The molecule has 1 amide bonds. The molecule has 1 aromatic carbocycles. The second kappa shape index (κ2) is 5.92. The van der Waals surface area contributed by atoms with E-state index in [1.54, 1.807) is 0 Å². The lowest BCUT2D eigenvalue weighted by molar-refractivity contribution is 0.0958. The number of benzene rings is 1. The van der Waals surface area contributed by atoms with Gasteiger partial charge in [0.15, 0.2) is 0 Å². The van der Waals surface area contributed by atoms with Gasteiger partial charge in [0.2, 0.25) is 0 Å². The zero-order valence-electron chi connectivity index (χ0n) is 14.3. The molecular formula is C20H18N4OS. The normalized spacial score (nSPS) is 22.6. The molecule has 0 bridgehead atoms. The molecule has 1 fully saturated rings. The molecule has 2 aliphatic carbocycles. The van der Waals surface area contributed by atoms with Gasteiger partial charge in [0.25, 0.3) is 5.91 Å². The molecule has 0 spiro atoms. The van der Waals surface area contributed by atoms with Crippen LogP contribution in [-0.4, -0.2) is 21.4 Å². The van der Waals surface area contributed by atoms with Crippen LogP contribution in [0.3, 0.4) is 0 Å². The van der Waals surface area contributed by atoms with E-state index in [9.17, 15) is 4.79 Å². The zero-order chi connectivity index (χ0) is 17.7. The predicted molar refractivity (Wildman–Crippen MR) is 104 cm³/mol. The van der Waals surface area contributed by atoms with Gasteiger partial charge in [-0.05, 0) is 43.9 Å². The van der Waals surface area contributed by atoms with Gasteiger partial charge >= 0.3 is 0 Å². The number of aromatic nitrogens is 2. The fourth-order valence-electron chi connectivity index (χ4n) is 3.74. The monoisotopic (exact) mass is 362 g/mol. The van der Waals surface area contributed by atoms with E-state index in [0.717, 1.165) is 40.2 Å². The fraction of sp³-hybridized carbons (Fsp3) is 0.250. The number of amides is 1. The Balaban J connectivity index is 1.42. The first-order valence-electron chi connectivity index (χ1n) is 8.79. The smallest absolute Gasteiger partial charge is 0.266 e. The molecule has 1 saturated carbocycles. The second-order valence-corrected chi connectivity index (χ2v) is 7.89. The van der Waals surface area contributed by atoms with Gasteiger partial charge in [0.05, 0.1) is 16.3 Å². The van der Waals surface area contributed by atoms with E-state index in [2.05, 4.69) is 27.8 Å². The predicted octanol–water partition coefficient (Wildman–Crippen LogP) is 4.08. The summed E-state index contributed by atoms with van der Waals surface area (Å²) in [7, 11) is 0. The van der Waals surface area contributed by atoms with E-state index in [1.807, 2.05) is 48.0 Å². The van der Waals surface area contributed by atoms with Crippen LogP contribution in [-0.2, 0) is 0 Å². The molecule has 1 N–H and O–H groups in total. The Bertz CT molecular complexity index is 1060. The van der Waals surface area contributed by atoms with Crippen molar-refractivity contribution in [3.63, 3.8) is 0 Å². The number of rotatable bonds is 3. The minimum atomic E-state index is -0.150. The van der Waals surface area contributed by atoms with E-state index in [-0.39, 0.29) is 5.91 Å². The number of carbonyl (C=O) groups excluding carboxylic acids is 1. The van der Waals surface area contributed by atoms with Crippen LogP contribution < -0.4 is 5.43 Å².